The van der Waals surface area contributed by atoms with Crippen LogP contribution in [0.2, 0.25) is 0 Å². The molecule has 0 bridgehead atoms. The Morgan fingerprint density at radius 3 is 2.76 bits per heavy atom. The zero-order valence-electron chi connectivity index (χ0n) is 11.5. The van der Waals surface area contributed by atoms with Gasteiger partial charge in [0.1, 0.15) is 0 Å². The monoisotopic (exact) mass is 304 g/mol. The molecule has 5 nitrogen and oxygen atoms in total. The molecule has 0 saturated heterocycles. The molecule has 2 rings (SSSR count). The van der Waals surface area contributed by atoms with Gasteiger partial charge in [0, 0.05) is 23.0 Å². The summed E-state index contributed by atoms with van der Waals surface area (Å²) in [6, 6.07) is 9.79. The SMILES string of the molecule is CC(Cc1cccs1)NC(=O)Nc1cccc(C(=O)O)c1. The third-order valence-corrected chi connectivity index (χ3v) is 3.73. The molecule has 21 heavy (non-hydrogen) atoms. The first-order valence-corrected chi connectivity index (χ1v) is 7.36. The van der Waals surface area contributed by atoms with Gasteiger partial charge in [-0.2, -0.15) is 0 Å². The smallest absolute Gasteiger partial charge is 0.335 e. The molecule has 6 heteroatoms. The number of nitrogens with one attached hydrogen (secondary N) is 2. The normalized spacial score (nSPS) is 11.7. The van der Waals surface area contributed by atoms with Gasteiger partial charge in [0.2, 0.25) is 0 Å². The first-order chi connectivity index (χ1) is 10.0. The van der Waals surface area contributed by atoms with Gasteiger partial charge in [0.25, 0.3) is 0 Å². The molecule has 0 radical (unpaired) electrons. The summed E-state index contributed by atoms with van der Waals surface area (Å²) in [5, 5.41) is 16.4. The van der Waals surface area contributed by atoms with Crippen LogP contribution in [-0.4, -0.2) is 23.1 Å². The summed E-state index contributed by atoms with van der Waals surface area (Å²) in [6.07, 6.45) is 0.764. The number of carboxylic acids is 1. The van der Waals surface area contributed by atoms with Crippen LogP contribution in [-0.2, 0) is 6.42 Å². The second-order valence-corrected chi connectivity index (χ2v) is 5.70. The Morgan fingerprint density at radius 1 is 1.29 bits per heavy atom. The summed E-state index contributed by atoms with van der Waals surface area (Å²) in [7, 11) is 0. The number of benzene rings is 1. The molecule has 2 amide bonds. The number of rotatable bonds is 5. The summed E-state index contributed by atoms with van der Waals surface area (Å²) in [5.41, 5.74) is 0.593. The van der Waals surface area contributed by atoms with E-state index >= 15 is 0 Å². The van der Waals surface area contributed by atoms with Gasteiger partial charge in [-0.3, -0.25) is 0 Å². The lowest BCUT2D eigenvalue weighted by Crippen LogP contribution is -2.37. The van der Waals surface area contributed by atoms with Crippen LogP contribution in [0.1, 0.15) is 22.2 Å². The largest absolute Gasteiger partial charge is 0.478 e. The molecule has 0 aliphatic heterocycles. The number of carboxylic acid groups (broad SMARTS) is 1. The van der Waals surface area contributed by atoms with E-state index in [0.29, 0.717) is 5.69 Å². The zero-order valence-corrected chi connectivity index (χ0v) is 12.3. The fourth-order valence-electron chi connectivity index (χ4n) is 1.90. The maximum atomic E-state index is 11.9. The van der Waals surface area contributed by atoms with Crippen LogP contribution in [0.15, 0.2) is 41.8 Å². The number of urea groups is 1. The van der Waals surface area contributed by atoms with Gasteiger partial charge in [0.15, 0.2) is 0 Å². The molecule has 1 unspecified atom stereocenters. The molecule has 1 heterocycles. The van der Waals surface area contributed by atoms with Gasteiger partial charge >= 0.3 is 12.0 Å². The average Bonchev–Trinajstić information content (AvgIpc) is 2.91. The summed E-state index contributed by atoms with van der Waals surface area (Å²) < 4.78 is 0. The Kier molecular flexibility index (Phi) is 4.94. The summed E-state index contributed by atoms with van der Waals surface area (Å²) in [4.78, 5) is 23.9. The summed E-state index contributed by atoms with van der Waals surface area (Å²) in [5.74, 6) is -1.02. The number of hydrogen-bond acceptors (Lipinski definition) is 3. The molecule has 0 fully saturated rings. The van der Waals surface area contributed by atoms with Gasteiger partial charge in [-0.1, -0.05) is 12.1 Å². The number of amides is 2. The molecular weight excluding hydrogens is 288 g/mol. The Labute approximate surface area is 126 Å². The molecule has 110 valence electrons. The van der Waals surface area contributed by atoms with E-state index in [4.69, 9.17) is 5.11 Å². The molecule has 0 aliphatic rings. The van der Waals surface area contributed by atoms with Gasteiger partial charge < -0.3 is 15.7 Å². The van der Waals surface area contributed by atoms with E-state index in [1.807, 2.05) is 24.4 Å². The van der Waals surface area contributed by atoms with E-state index in [-0.39, 0.29) is 17.6 Å². The van der Waals surface area contributed by atoms with Gasteiger partial charge in [-0.15, -0.1) is 11.3 Å². The Balaban J connectivity index is 1.89. The third-order valence-electron chi connectivity index (χ3n) is 2.83. The van der Waals surface area contributed by atoms with Crippen LogP contribution in [0.3, 0.4) is 0 Å². The van der Waals surface area contributed by atoms with Crippen molar-refractivity contribution in [1.29, 1.82) is 0 Å². The molecule has 0 spiro atoms. The molecule has 3 N–H and O–H groups in total. The van der Waals surface area contributed by atoms with E-state index in [9.17, 15) is 9.59 Å². The Hall–Kier alpha value is -2.34. The van der Waals surface area contributed by atoms with E-state index in [0.717, 1.165) is 6.42 Å². The maximum Gasteiger partial charge on any atom is 0.335 e. The van der Waals surface area contributed by atoms with Crippen molar-refractivity contribution >= 4 is 29.0 Å². The number of thiophene rings is 1. The van der Waals surface area contributed by atoms with Crippen LogP contribution in [0.25, 0.3) is 0 Å². The van der Waals surface area contributed by atoms with Crippen LogP contribution in [0.5, 0.6) is 0 Å². The predicted molar refractivity (Wildman–Crippen MR) is 83.0 cm³/mol. The van der Waals surface area contributed by atoms with E-state index in [1.165, 1.54) is 17.0 Å². The van der Waals surface area contributed by atoms with Crippen molar-refractivity contribution in [3.63, 3.8) is 0 Å². The van der Waals surface area contributed by atoms with Crippen LogP contribution >= 0.6 is 11.3 Å². The van der Waals surface area contributed by atoms with Crippen molar-refractivity contribution in [1.82, 2.24) is 5.32 Å². The first-order valence-electron chi connectivity index (χ1n) is 6.48. The highest BCUT2D eigenvalue weighted by molar-refractivity contribution is 7.09. The molecule has 1 aromatic heterocycles. The number of hydrogen-bond donors (Lipinski definition) is 3. The van der Waals surface area contributed by atoms with Gasteiger partial charge in [-0.25, -0.2) is 9.59 Å². The Morgan fingerprint density at radius 2 is 2.10 bits per heavy atom. The summed E-state index contributed by atoms with van der Waals surface area (Å²) in [6.45, 7) is 1.92. The van der Waals surface area contributed by atoms with E-state index < -0.39 is 5.97 Å². The fourth-order valence-corrected chi connectivity index (χ4v) is 2.74. The van der Waals surface area contributed by atoms with Crippen molar-refractivity contribution in [3.8, 4) is 0 Å². The molecular formula is C15H16N2O3S. The van der Waals surface area contributed by atoms with Crippen LogP contribution in [0.4, 0.5) is 10.5 Å². The highest BCUT2D eigenvalue weighted by Crippen LogP contribution is 2.12. The molecule has 1 aromatic carbocycles. The molecule has 0 aliphatic carbocycles. The second-order valence-electron chi connectivity index (χ2n) is 4.67. The second kappa shape index (κ2) is 6.90. The lowest BCUT2D eigenvalue weighted by Gasteiger charge is -2.14. The lowest BCUT2D eigenvalue weighted by atomic mass is 10.2. The molecule has 2 aromatic rings. The van der Waals surface area contributed by atoms with Crippen molar-refractivity contribution < 1.29 is 14.7 Å². The first kappa shape index (κ1) is 15.1. The number of carbonyl (C=O) groups is 2. The van der Waals surface area contributed by atoms with E-state index in [2.05, 4.69) is 10.6 Å². The molecule has 1 atom stereocenters. The minimum absolute atomic E-state index is 0.00805. The van der Waals surface area contributed by atoms with Crippen molar-refractivity contribution in [3.05, 3.63) is 52.2 Å². The number of aromatic carboxylic acids is 1. The van der Waals surface area contributed by atoms with Gasteiger partial charge in [0.05, 0.1) is 5.56 Å². The van der Waals surface area contributed by atoms with Crippen molar-refractivity contribution in [2.75, 3.05) is 5.32 Å². The topological polar surface area (TPSA) is 78.4 Å². The average molecular weight is 304 g/mol. The quantitative estimate of drug-likeness (QED) is 0.793. The highest BCUT2D eigenvalue weighted by atomic mass is 32.1. The van der Waals surface area contributed by atoms with Crippen molar-refractivity contribution in [2.24, 2.45) is 0 Å². The van der Waals surface area contributed by atoms with E-state index in [1.54, 1.807) is 23.5 Å². The van der Waals surface area contributed by atoms with Crippen LogP contribution in [0, 0.1) is 0 Å². The van der Waals surface area contributed by atoms with Gasteiger partial charge in [-0.05, 0) is 36.6 Å². The standard InChI is InChI=1S/C15H16N2O3S/c1-10(8-13-6-3-7-21-13)16-15(20)17-12-5-2-4-11(9-12)14(18)19/h2-7,9-10H,8H2,1H3,(H,18,19)(H2,16,17,20). The maximum absolute atomic E-state index is 11.9. The zero-order chi connectivity index (χ0) is 15.2. The Bertz CT molecular complexity index is 626. The predicted octanol–water partition coefficient (Wildman–Crippen LogP) is 3.20. The van der Waals surface area contributed by atoms with Crippen molar-refractivity contribution in [2.45, 2.75) is 19.4 Å². The lowest BCUT2D eigenvalue weighted by molar-refractivity contribution is 0.0697. The molecule has 0 saturated carbocycles. The minimum Gasteiger partial charge on any atom is -0.478 e. The van der Waals surface area contributed by atoms with Crippen LogP contribution < -0.4 is 10.6 Å². The number of carbonyl (C=O) groups excluding carboxylic acids is 1. The fraction of sp³-hybridized carbons (Fsp3) is 0.200. The summed E-state index contributed by atoms with van der Waals surface area (Å²) >= 11 is 1.65. The number of anilines is 1. The highest BCUT2D eigenvalue weighted by Gasteiger charge is 2.10. The third kappa shape index (κ3) is 4.61. The minimum atomic E-state index is -1.02.